The Morgan fingerprint density at radius 3 is 2.66 bits per heavy atom. The van der Waals surface area contributed by atoms with E-state index in [4.69, 9.17) is 9.41 Å². The van der Waals surface area contributed by atoms with Crippen molar-refractivity contribution in [1.82, 2.24) is 20.5 Å². The summed E-state index contributed by atoms with van der Waals surface area (Å²) in [6.45, 7) is 11.3. The molecule has 2 aromatic rings. The summed E-state index contributed by atoms with van der Waals surface area (Å²) in [4.78, 5) is 11.9. The quantitative estimate of drug-likeness (QED) is 0.521. The van der Waals surface area contributed by atoms with Gasteiger partial charge >= 0.3 is 0 Å². The summed E-state index contributed by atoms with van der Waals surface area (Å²) in [7, 11) is 0. The molecule has 0 amide bonds. The maximum atomic E-state index is 5.65. The second-order valence-electron chi connectivity index (χ2n) is 7.82. The Morgan fingerprint density at radius 1 is 1.21 bits per heavy atom. The van der Waals surface area contributed by atoms with E-state index >= 15 is 0 Å². The average molecular weight is 398 g/mol. The Hall–Kier alpha value is -2.34. The van der Waals surface area contributed by atoms with Crippen molar-refractivity contribution in [2.24, 2.45) is 4.99 Å². The van der Waals surface area contributed by atoms with Crippen LogP contribution >= 0.6 is 0 Å². The highest BCUT2D eigenvalue weighted by Crippen LogP contribution is 2.19. The summed E-state index contributed by atoms with van der Waals surface area (Å²) >= 11 is 0. The van der Waals surface area contributed by atoms with Gasteiger partial charge in [-0.05, 0) is 51.8 Å². The average Bonchev–Trinajstić information content (AvgIpc) is 3.21. The summed E-state index contributed by atoms with van der Waals surface area (Å²) in [6, 6.07) is 8.68. The second kappa shape index (κ2) is 11.0. The van der Waals surface area contributed by atoms with Gasteiger partial charge in [0.25, 0.3) is 0 Å². The van der Waals surface area contributed by atoms with Crippen LogP contribution in [0.5, 0.6) is 0 Å². The van der Waals surface area contributed by atoms with Crippen molar-refractivity contribution >= 4 is 5.96 Å². The van der Waals surface area contributed by atoms with Crippen molar-refractivity contribution in [2.75, 3.05) is 26.2 Å². The number of hydrogen-bond acceptors (Lipinski definition) is 4. The number of aromatic nitrogens is 1. The summed E-state index contributed by atoms with van der Waals surface area (Å²) in [5.41, 5.74) is 3.06. The molecule has 0 bridgehead atoms. The first-order valence-corrected chi connectivity index (χ1v) is 11.0. The first-order chi connectivity index (χ1) is 14.2. The first kappa shape index (κ1) is 21.4. The largest absolute Gasteiger partial charge is 0.444 e. The highest BCUT2D eigenvalue weighted by Gasteiger charge is 2.19. The number of aliphatic imine (C=N–C) groups is 1. The van der Waals surface area contributed by atoms with Gasteiger partial charge in [-0.2, -0.15) is 0 Å². The zero-order valence-electron chi connectivity index (χ0n) is 18.1. The number of benzene rings is 1. The van der Waals surface area contributed by atoms with Crippen LogP contribution in [0, 0.1) is 6.92 Å². The molecule has 158 valence electrons. The van der Waals surface area contributed by atoms with Crippen LogP contribution in [0.25, 0.3) is 11.5 Å². The molecule has 2 heterocycles. The minimum absolute atomic E-state index is 0.478. The van der Waals surface area contributed by atoms with Gasteiger partial charge in [0.2, 0.25) is 5.89 Å². The fourth-order valence-electron chi connectivity index (χ4n) is 3.56. The molecule has 29 heavy (non-hydrogen) atoms. The minimum atomic E-state index is 0.478. The second-order valence-corrected chi connectivity index (χ2v) is 7.82. The molecule has 1 aromatic heterocycles. The number of piperidine rings is 1. The molecule has 0 saturated carbocycles. The number of nitrogens with one attached hydrogen (secondary N) is 2. The summed E-state index contributed by atoms with van der Waals surface area (Å²) < 4.78 is 5.65. The molecular weight excluding hydrogens is 362 g/mol. The van der Waals surface area contributed by atoms with Gasteiger partial charge in [0.15, 0.2) is 5.96 Å². The van der Waals surface area contributed by atoms with Gasteiger partial charge in [-0.15, -0.1) is 0 Å². The standard InChI is InChI=1S/C23H35N5O/c1-4-6-13-28-14-11-20(12-15-28)27-23(24-5-2)25-16-21-17-29-22(26-21)19-9-7-18(3)8-10-19/h7-10,17,20H,4-6,11-16H2,1-3H3,(H2,24,25,27). The molecule has 1 aliphatic heterocycles. The van der Waals surface area contributed by atoms with Gasteiger partial charge in [-0.25, -0.2) is 9.98 Å². The van der Waals surface area contributed by atoms with Crippen molar-refractivity contribution in [3.63, 3.8) is 0 Å². The van der Waals surface area contributed by atoms with Crippen molar-refractivity contribution in [1.29, 1.82) is 0 Å². The molecule has 1 aromatic carbocycles. The van der Waals surface area contributed by atoms with Crippen LogP contribution in [0.4, 0.5) is 0 Å². The third-order valence-electron chi connectivity index (χ3n) is 5.35. The van der Waals surface area contributed by atoms with Gasteiger partial charge in [0.05, 0.1) is 6.54 Å². The Kier molecular flexibility index (Phi) is 8.11. The van der Waals surface area contributed by atoms with Crippen molar-refractivity contribution in [3.8, 4) is 11.5 Å². The Morgan fingerprint density at radius 2 is 1.97 bits per heavy atom. The molecular formula is C23H35N5O. The van der Waals surface area contributed by atoms with Crippen LogP contribution in [0.1, 0.15) is 50.8 Å². The van der Waals surface area contributed by atoms with Crippen LogP contribution in [-0.2, 0) is 6.54 Å². The van der Waals surface area contributed by atoms with E-state index in [1.165, 1.54) is 38.0 Å². The number of nitrogens with zero attached hydrogens (tertiary/aromatic N) is 3. The fourth-order valence-corrected chi connectivity index (χ4v) is 3.56. The zero-order valence-corrected chi connectivity index (χ0v) is 18.1. The lowest BCUT2D eigenvalue weighted by molar-refractivity contribution is 0.203. The van der Waals surface area contributed by atoms with Gasteiger partial charge in [-0.1, -0.05) is 31.0 Å². The van der Waals surface area contributed by atoms with E-state index in [2.05, 4.69) is 53.4 Å². The van der Waals surface area contributed by atoms with Crippen molar-refractivity contribution < 1.29 is 4.42 Å². The third kappa shape index (κ3) is 6.60. The van der Waals surface area contributed by atoms with E-state index in [-0.39, 0.29) is 0 Å². The molecule has 1 fully saturated rings. The summed E-state index contributed by atoms with van der Waals surface area (Å²) in [5.74, 6) is 1.51. The SMILES string of the molecule is CCCCN1CCC(NC(=NCc2coc(-c3ccc(C)cc3)n2)NCC)CC1. The van der Waals surface area contributed by atoms with E-state index < -0.39 is 0 Å². The van der Waals surface area contributed by atoms with Gasteiger partial charge < -0.3 is 20.0 Å². The van der Waals surface area contributed by atoms with Gasteiger partial charge in [-0.3, -0.25) is 0 Å². The fraction of sp³-hybridized carbons (Fsp3) is 0.565. The van der Waals surface area contributed by atoms with E-state index in [1.54, 1.807) is 6.26 Å². The summed E-state index contributed by atoms with van der Waals surface area (Å²) in [5, 5.41) is 6.96. The molecule has 3 rings (SSSR count). The third-order valence-corrected chi connectivity index (χ3v) is 5.35. The Bertz CT molecular complexity index is 760. The van der Waals surface area contributed by atoms with E-state index in [9.17, 15) is 0 Å². The van der Waals surface area contributed by atoms with Gasteiger partial charge in [0.1, 0.15) is 12.0 Å². The van der Waals surface area contributed by atoms with Crippen LogP contribution in [-0.4, -0.2) is 48.1 Å². The van der Waals surface area contributed by atoms with Crippen LogP contribution in [0.3, 0.4) is 0 Å². The van der Waals surface area contributed by atoms with Crippen molar-refractivity contribution in [3.05, 3.63) is 41.8 Å². The van der Waals surface area contributed by atoms with Crippen LogP contribution in [0.15, 0.2) is 39.9 Å². The highest BCUT2D eigenvalue weighted by molar-refractivity contribution is 5.80. The molecule has 0 aliphatic carbocycles. The molecule has 0 spiro atoms. The predicted octanol–water partition coefficient (Wildman–Crippen LogP) is 3.97. The van der Waals surface area contributed by atoms with Crippen LogP contribution in [0.2, 0.25) is 0 Å². The molecule has 2 N–H and O–H groups in total. The number of hydrogen-bond donors (Lipinski definition) is 2. The van der Waals surface area contributed by atoms with Gasteiger partial charge in [0, 0.05) is 31.2 Å². The number of oxazole rings is 1. The molecule has 1 saturated heterocycles. The molecule has 1 aliphatic rings. The highest BCUT2D eigenvalue weighted by atomic mass is 16.3. The number of rotatable bonds is 8. The summed E-state index contributed by atoms with van der Waals surface area (Å²) in [6.07, 6.45) is 6.59. The minimum Gasteiger partial charge on any atom is -0.444 e. The molecule has 0 unspecified atom stereocenters. The predicted molar refractivity (Wildman–Crippen MR) is 119 cm³/mol. The van der Waals surface area contributed by atoms with E-state index in [0.29, 0.717) is 18.5 Å². The zero-order chi connectivity index (χ0) is 20.5. The first-order valence-electron chi connectivity index (χ1n) is 11.0. The maximum absolute atomic E-state index is 5.65. The molecule has 0 atom stereocenters. The normalized spacial score (nSPS) is 16.2. The lowest BCUT2D eigenvalue weighted by atomic mass is 10.0. The molecule has 6 heteroatoms. The lowest BCUT2D eigenvalue weighted by Crippen LogP contribution is -2.48. The maximum Gasteiger partial charge on any atom is 0.226 e. The Balaban J connectivity index is 1.54. The topological polar surface area (TPSA) is 65.7 Å². The number of guanidine groups is 1. The monoisotopic (exact) mass is 397 g/mol. The lowest BCUT2D eigenvalue weighted by Gasteiger charge is -2.33. The number of likely N-dealkylation sites (tertiary alicyclic amines) is 1. The molecule has 0 radical (unpaired) electrons. The van der Waals surface area contributed by atoms with Crippen molar-refractivity contribution in [2.45, 2.75) is 59.0 Å². The van der Waals surface area contributed by atoms with E-state index in [0.717, 1.165) is 36.6 Å². The molecule has 6 nitrogen and oxygen atoms in total. The van der Waals surface area contributed by atoms with E-state index in [1.807, 2.05) is 12.1 Å². The van der Waals surface area contributed by atoms with Crippen LogP contribution < -0.4 is 10.6 Å². The number of aryl methyl sites for hydroxylation is 1. The Labute approximate surface area is 174 Å². The number of unbranched alkanes of at least 4 members (excludes halogenated alkanes) is 1. The smallest absolute Gasteiger partial charge is 0.226 e.